The van der Waals surface area contributed by atoms with Gasteiger partial charge in [0.25, 0.3) is 0 Å². The van der Waals surface area contributed by atoms with E-state index in [4.69, 9.17) is 28.2 Å². The number of benzene rings is 2. The van der Waals surface area contributed by atoms with Gasteiger partial charge in [-0.15, -0.1) is 0 Å². The molecular formula is C26H22Cl2N2O3S. The van der Waals surface area contributed by atoms with Crippen LogP contribution in [0.4, 0.5) is 0 Å². The summed E-state index contributed by atoms with van der Waals surface area (Å²) in [6, 6.07) is 21.5. The van der Waals surface area contributed by atoms with Crippen molar-refractivity contribution < 1.29 is 13.5 Å². The van der Waals surface area contributed by atoms with Gasteiger partial charge in [-0.3, -0.25) is 4.57 Å². The van der Waals surface area contributed by atoms with Gasteiger partial charge in [-0.1, -0.05) is 61.3 Å². The Morgan fingerprint density at radius 3 is 2.29 bits per heavy atom. The van der Waals surface area contributed by atoms with Crippen LogP contribution in [-0.2, 0) is 15.3 Å². The number of rotatable bonds is 6. The van der Waals surface area contributed by atoms with Gasteiger partial charge in [-0.25, -0.2) is 13.4 Å². The molecule has 0 atom stereocenters. The van der Waals surface area contributed by atoms with Crippen LogP contribution in [0.15, 0.2) is 65.7 Å². The topological polar surface area (TPSA) is 72.2 Å². The maximum atomic E-state index is 11.9. The standard InChI is InChI=1S/C26H22Cl2N2O3S/c1-26(2,16-31)23-15-30(25(29-23)24-21(27)8-5-9-22(24)28)19-12-10-17(11-13-19)18-6-4-7-20(14-18)34(3,32)33/h5-6,8-15,31H,16H2,1-3H3. The Hall–Kier alpha value is -2.82. The molecule has 4 rings (SSSR count). The fourth-order valence-electron chi connectivity index (χ4n) is 3.46. The second-order valence-electron chi connectivity index (χ2n) is 8.66. The predicted molar refractivity (Wildman–Crippen MR) is 135 cm³/mol. The molecular weight excluding hydrogens is 491 g/mol. The van der Waals surface area contributed by atoms with Crippen LogP contribution in [0.3, 0.4) is 0 Å². The van der Waals surface area contributed by atoms with Gasteiger partial charge in [0.05, 0.1) is 27.9 Å². The Bertz CT molecular complexity index is 1440. The van der Waals surface area contributed by atoms with Crippen LogP contribution < -0.4 is 0 Å². The zero-order chi connectivity index (χ0) is 24.7. The zero-order valence-electron chi connectivity index (χ0n) is 18.8. The quantitative estimate of drug-likeness (QED) is 0.355. The van der Waals surface area contributed by atoms with Crippen molar-refractivity contribution >= 4 is 33.0 Å². The number of sulfone groups is 1. The molecule has 0 aliphatic heterocycles. The van der Waals surface area contributed by atoms with Gasteiger partial charge in [0.2, 0.25) is 0 Å². The van der Waals surface area contributed by atoms with E-state index in [-0.39, 0.29) is 11.5 Å². The number of nitrogens with zero attached hydrogens (tertiary/aromatic N) is 2. The third-order valence-electron chi connectivity index (χ3n) is 5.57. The summed E-state index contributed by atoms with van der Waals surface area (Å²) in [6.45, 7) is 3.73. The highest BCUT2D eigenvalue weighted by Gasteiger charge is 2.26. The van der Waals surface area contributed by atoms with Gasteiger partial charge in [-0.2, -0.15) is 0 Å². The molecule has 3 aromatic carbocycles. The number of aliphatic hydroxyl groups is 1. The number of hydrogen-bond acceptors (Lipinski definition) is 4. The van der Waals surface area contributed by atoms with Crippen molar-refractivity contribution in [3.63, 3.8) is 0 Å². The average Bonchev–Trinajstić information content (AvgIpc) is 3.24. The van der Waals surface area contributed by atoms with E-state index < -0.39 is 15.3 Å². The first kappa shape index (κ1) is 24.3. The number of aromatic nitrogens is 2. The SMILES string of the molecule is CC(C)(CO)c1cn(-c2ccc(-c3cc#cc(S(C)(=O)=O)c3)cc2)c(-c2c(Cl)cccc2Cl)n1. The van der Waals surface area contributed by atoms with Crippen molar-refractivity contribution in [1.82, 2.24) is 9.55 Å². The molecule has 34 heavy (non-hydrogen) atoms. The minimum absolute atomic E-state index is 0.0805. The molecule has 0 aliphatic carbocycles. The molecule has 5 nitrogen and oxygen atoms in total. The van der Waals surface area contributed by atoms with E-state index in [1.54, 1.807) is 30.3 Å². The van der Waals surface area contributed by atoms with E-state index in [9.17, 15) is 13.5 Å². The van der Waals surface area contributed by atoms with E-state index in [0.29, 0.717) is 32.7 Å². The van der Waals surface area contributed by atoms with E-state index in [1.807, 2.05) is 48.9 Å². The zero-order valence-corrected chi connectivity index (χ0v) is 21.1. The van der Waals surface area contributed by atoms with Gasteiger partial charge < -0.3 is 5.11 Å². The second-order valence-corrected chi connectivity index (χ2v) is 11.5. The molecule has 0 saturated carbocycles. The van der Waals surface area contributed by atoms with E-state index in [2.05, 4.69) is 12.1 Å². The Labute approximate surface area is 209 Å². The summed E-state index contributed by atoms with van der Waals surface area (Å²) < 4.78 is 25.7. The first-order valence-electron chi connectivity index (χ1n) is 10.4. The van der Waals surface area contributed by atoms with Gasteiger partial charge in [0.1, 0.15) is 10.7 Å². The molecule has 1 heterocycles. The first-order chi connectivity index (χ1) is 16.0. The summed E-state index contributed by atoms with van der Waals surface area (Å²) in [5.74, 6) is 0.557. The van der Waals surface area contributed by atoms with Crippen LogP contribution >= 0.6 is 23.2 Å². The number of imidazole rings is 1. The van der Waals surface area contributed by atoms with Gasteiger partial charge in [0, 0.05) is 23.6 Å². The molecule has 0 amide bonds. The van der Waals surface area contributed by atoms with Crippen molar-refractivity contribution in [1.29, 1.82) is 0 Å². The Balaban J connectivity index is 1.83. The summed E-state index contributed by atoms with van der Waals surface area (Å²) in [4.78, 5) is 4.89. The summed E-state index contributed by atoms with van der Waals surface area (Å²) in [7, 11) is -3.39. The highest BCUT2D eigenvalue weighted by atomic mass is 35.5. The van der Waals surface area contributed by atoms with Crippen molar-refractivity contribution in [2.24, 2.45) is 0 Å². The van der Waals surface area contributed by atoms with Crippen LogP contribution in [-0.4, -0.2) is 35.9 Å². The minimum Gasteiger partial charge on any atom is -0.395 e. The van der Waals surface area contributed by atoms with E-state index in [0.717, 1.165) is 17.5 Å². The van der Waals surface area contributed by atoms with Crippen molar-refractivity contribution in [2.45, 2.75) is 24.2 Å². The fraction of sp³-hybridized carbons (Fsp3) is 0.192. The fourth-order valence-corrected chi connectivity index (χ4v) is 4.61. The monoisotopic (exact) mass is 512 g/mol. The van der Waals surface area contributed by atoms with Crippen molar-refractivity contribution in [3.8, 4) is 28.2 Å². The number of halogens is 2. The largest absolute Gasteiger partial charge is 0.395 e. The molecule has 0 fully saturated rings. The van der Waals surface area contributed by atoms with Gasteiger partial charge in [-0.05, 0) is 53.6 Å². The molecule has 0 radical (unpaired) electrons. The lowest BCUT2D eigenvalue weighted by molar-refractivity contribution is 0.215. The molecule has 8 heteroatoms. The predicted octanol–water partition coefficient (Wildman–Crippen LogP) is 5.79. The molecule has 1 N–H and O–H groups in total. The molecule has 0 spiro atoms. The van der Waals surface area contributed by atoms with Crippen molar-refractivity contribution in [2.75, 3.05) is 12.9 Å². The maximum Gasteiger partial charge on any atom is 0.183 e. The summed E-state index contributed by atoms with van der Waals surface area (Å²) in [5.41, 5.74) is 3.06. The number of hydrogen-bond donors (Lipinski definition) is 1. The lowest BCUT2D eigenvalue weighted by atomic mass is 9.91. The molecule has 0 unspecified atom stereocenters. The molecule has 0 aliphatic rings. The Morgan fingerprint density at radius 2 is 1.71 bits per heavy atom. The van der Waals surface area contributed by atoms with Crippen molar-refractivity contribution in [3.05, 3.63) is 88.7 Å². The molecule has 0 bridgehead atoms. The molecule has 174 valence electrons. The van der Waals surface area contributed by atoms with Crippen LogP contribution in [0.25, 0.3) is 28.2 Å². The van der Waals surface area contributed by atoms with Gasteiger partial charge >= 0.3 is 0 Å². The minimum atomic E-state index is -3.39. The van der Waals surface area contributed by atoms with Gasteiger partial charge in [0.15, 0.2) is 9.84 Å². The van der Waals surface area contributed by atoms with Crippen LogP contribution in [0.2, 0.25) is 10.0 Å². The van der Waals surface area contributed by atoms with E-state index in [1.165, 1.54) is 0 Å². The summed E-state index contributed by atoms with van der Waals surface area (Å²) in [5, 5.41) is 10.8. The number of aliphatic hydroxyl groups excluding tert-OH is 1. The van der Waals surface area contributed by atoms with Crippen LogP contribution in [0.5, 0.6) is 0 Å². The molecule has 0 saturated heterocycles. The van der Waals surface area contributed by atoms with Crippen LogP contribution in [0, 0.1) is 12.1 Å². The summed E-state index contributed by atoms with van der Waals surface area (Å²) in [6.07, 6.45) is 3.01. The lowest BCUT2D eigenvalue weighted by Crippen LogP contribution is -2.22. The molecule has 1 aromatic heterocycles. The summed E-state index contributed by atoms with van der Waals surface area (Å²) >= 11 is 13.0. The van der Waals surface area contributed by atoms with Crippen LogP contribution in [0.1, 0.15) is 19.5 Å². The smallest absolute Gasteiger partial charge is 0.183 e. The lowest BCUT2D eigenvalue weighted by Gasteiger charge is -2.18. The second kappa shape index (κ2) is 9.09. The Kier molecular flexibility index (Phi) is 6.50. The first-order valence-corrected chi connectivity index (χ1v) is 13.1. The average molecular weight is 513 g/mol. The van der Waals surface area contributed by atoms with E-state index >= 15 is 0 Å². The normalized spacial score (nSPS) is 11.9. The third-order valence-corrected chi connectivity index (χ3v) is 7.22. The molecule has 4 aromatic rings. The maximum absolute atomic E-state index is 11.9. The third kappa shape index (κ3) is 4.70. The Morgan fingerprint density at radius 1 is 1.06 bits per heavy atom. The highest BCUT2D eigenvalue weighted by Crippen LogP contribution is 2.37. The highest BCUT2D eigenvalue weighted by molar-refractivity contribution is 7.90.